The molecule has 2 aliphatic carbocycles. The van der Waals surface area contributed by atoms with Crippen molar-refractivity contribution in [2.75, 3.05) is 0 Å². The van der Waals surface area contributed by atoms with Crippen molar-refractivity contribution in [1.29, 1.82) is 0 Å². The van der Waals surface area contributed by atoms with E-state index in [1.165, 1.54) is 24.3 Å². The molecule has 0 aromatic heterocycles. The molecule has 8 heteroatoms. The second-order valence-electron chi connectivity index (χ2n) is 7.82. The summed E-state index contributed by atoms with van der Waals surface area (Å²) in [7, 11) is -7.62. The largest absolute Gasteiger partial charge is 0.241 e. The van der Waals surface area contributed by atoms with Crippen LogP contribution in [0.4, 0.5) is 0 Å². The third-order valence-corrected chi connectivity index (χ3v) is 8.53. The Morgan fingerprint density at radius 2 is 1.61 bits per heavy atom. The van der Waals surface area contributed by atoms with Gasteiger partial charge >= 0.3 is 0 Å². The van der Waals surface area contributed by atoms with Gasteiger partial charge in [0.1, 0.15) is 0 Å². The number of fused-ring (bicyclic) bond motifs is 1. The molecule has 28 heavy (non-hydrogen) atoms. The lowest BCUT2D eigenvalue weighted by molar-refractivity contribution is 0.366. The van der Waals surface area contributed by atoms with Crippen LogP contribution in [0, 0.1) is 0 Å². The Kier molecular flexibility index (Phi) is 4.86. The Balaban J connectivity index is 1.65. The van der Waals surface area contributed by atoms with Gasteiger partial charge in [0.2, 0.25) is 20.0 Å². The summed E-state index contributed by atoms with van der Waals surface area (Å²) in [5.41, 5.74) is 1.39. The van der Waals surface area contributed by atoms with Crippen molar-refractivity contribution in [1.82, 2.24) is 9.44 Å². The normalized spacial score (nSPS) is 22.6. The molecule has 2 aromatic carbocycles. The van der Waals surface area contributed by atoms with Gasteiger partial charge in [-0.05, 0) is 68.4 Å². The molecule has 2 aliphatic rings. The van der Waals surface area contributed by atoms with Gasteiger partial charge in [-0.3, -0.25) is 0 Å². The van der Waals surface area contributed by atoms with Gasteiger partial charge in [0, 0.05) is 6.04 Å². The average molecular weight is 421 g/mol. The maximum absolute atomic E-state index is 13.1. The van der Waals surface area contributed by atoms with Gasteiger partial charge in [-0.1, -0.05) is 30.3 Å². The molecule has 0 heterocycles. The van der Waals surface area contributed by atoms with E-state index in [4.69, 9.17) is 0 Å². The van der Waals surface area contributed by atoms with Crippen molar-refractivity contribution in [3.63, 3.8) is 0 Å². The number of rotatable bonds is 6. The van der Waals surface area contributed by atoms with Crippen LogP contribution >= 0.6 is 0 Å². The fourth-order valence-electron chi connectivity index (χ4n) is 3.80. The van der Waals surface area contributed by atoms with Gasteiger partial charge < -0.3 is 0 Å². The average Bonchev–Trinajstić information content (AvgIpc) is 3.45. The first kappa shape index (κ1) is 19.6. The smallest absolute Gasteiger partial charge is 0.208 e. The molecular formula is C20H24N2O4S2. The van der Waals surface area contributed by atoms with E-state index in [0.717, 1.165) is 36.8 Å². The van der Waals surface area contributed by atoms with E-state index in [2.05, 4.69) is 9.44 Å². The van der Waals surface area contributed by atoms with Gasteiger partial charge in [-0.15, -0.1) is 0 Å². The second-order valence-corrected chi connectivity index (χ2v) is 11.2. The van der Waals surface area contributed by atoms with E-state index in [9.17, 15) is 16.8 Å². The van der Waals surface area contributed by atoms with Crippen LogP contribution < -0.4 is 9.44 Å². The van der Waals surface area contributed by atoms with E-state index in [0.29, 0.717) is 6.42 Å². The predicted octanol–water partition coefficient (Wildman–Crippen LogP) is 2.66. The van der Waals surface area contributed by atoms with Crippen LogP contribution in [-0.4, -0.2) is 22.9 Å². The molecule has 0 unspecified atom stereocenters. The molecule has 1 atom stereocenters. The summed E-state index contributed by atoms with van der Waals surface area (Å²) in [5.74, 6) is 0. The Morgan fingerprint density at radius 3 is 2.32 bits per heavy atom. The van der Waals surface area contributed by atoms with Crippen molar-refractivity contribution >= 4 is 20.0 Å². The highest BCUT2D eigenvalue weighted by atomic mass is 32.2. The van der Waals surface area contributed by atoms with Crippen LogP contribution in [0.3, 0.4) is 0 Å². The Hall–Kier alpha value is -1.74. The molecule has 1 saturated carbocycles. The van der Waals surface area contributed by atoms with Crippen LogP contribution in [0.1, 0.15) is 43.7 Å². The fourth-order valence-corrected chi connectivity index (χ4v) is 6.69. The van der Waals surface area contributed by atoms with Crippen molar-refractivity contribution in [3.05, 3.63) is 59.7 Å². The van der Waals surface area contributed by atoms with Crippen molar-refractivity contribution < 1.29 is 16.8 Å². The summed E-state index contributed by atoms with van der Waals surface area (Å²) in [6.07, 6.45) is 4.13. The summed E-state index contributed by atoms with van der Waals surface area (Å²) >= 11 is 0. The summed E-state index contributed by atoms with van der Waals surface area (Å²) in [6, 6.07) is 13.3. The molecular weight excluding hydrogens is 396 g/mol. The third-order valence-electron chi connectivity index (χ3n) is 5.42. The van der Waals surface area contributed by atoms with Gasteiger partial charge in [0.15, 0.2) is 0 Å². The van der Waals surface area contributed by atoms with Crippen LogP contribution in [0.2, 0.25) is 0 Å². The fraction of sp³-hybridized carbons (Fsp3) is 0.400. The highest BCUT2D eigenvalue weighted by Gasteiger charge is 2.36. The van der Waals surface area contributed by atoms with E-state index >= 15 is 0 Å². The molecule has 0 aliphatic heterocycles. The minimum atomic E-state index is -3.90. The number of aryl methyl sites for hydroxylation is 1. The Bertz CT molecular complexity index is 1110. The first-order chi connectivity index (χ1) is 13.2. The molecule has 150 valence electrons. The highest BCUT2D eigenvalue weighted by Crippen LogP contribution is 2.36. The van der Waals surface area contributed by atoms with E-state index in [1.807, 2.05) is 31.2 Å². The second kappa shape index (κ2) is 6.95. The summed E-state index contributed by atoms with van der Waals surface area (Å²) < 4.78 is 56.5. The summed E-state index contributed by atoms with van der Waals surface area (Å²) in [4.78, 5) is -0.0769. The lowest BCUT2D eigenvalue weighted by Crippen LogP contribution is -2.45. The molecule has 2 aromatic rings. The topological polar surface area (TPSA) is 92.3 Å². The lowest BCUT2D eigenvalue weighted by Gasteiger charge is -2.36. The SMILES string of the molecule is C[C@]1(NS(=O)(=O)c2cccc(S(=O)(=O)NC3CC3)c2)CCCc2ccccc21. The van der Waals surface area contributed by atoms with Gasteiger partial charge in [0.25, 0.3) is 0 Å². The number of benzene rings is 2. The minimum Gasteiger partial charge on any atom is -0.208 e. The van der Waals surface area contributed by atoms with Crippen LogP contribution in [-0.2, 0) is 32.0 Å². The first-order valence-corrected chi connectivity index (χ1v) is 12.4. The summed E-state index contributed by atoms with van der Waals surface area (Å²) in [5, 5.41) is 0. The standard InChI is InChI=1S/C20H24N2O4S2/c1-20(13-5-7-15-6-2-3-10-19(15)20)22-28(25,26)18-9-4-8-17(14-18)27(23,24)21-16-11-12-16/h2-4,6,8-10,14,16,21-22H,5,7,11-13H2,1H3/t20-/m0/s1. The molecule has 1 fully saturated rings. The molecule has 4 rings (SSSR count). The van der Waals surface area contributed by atoms with Crippen molar-refractivity contribution in [2.24, 2.45) is 0 Å². The van der Waals surface area contributed by atoms with Crippen LogP contribution in [0.15, 0.2) is 58.3 Å². The number of sulfonamides is 2. The van der Waals surface area contributed by atoms with Crippen LogP contribution in [0.5, 0.6) is 0 Å². The number of nitrogens with one attached hydrogen (secondary N) is 2. The van der Waals surface area contributed by atoms with Gasteiger partial charge in [-0.25, -0.2) is 26.3 Å². The van der Waals surface area contributed by atoms with Crippen molar-refractivity contribution in [2.45, 2.75) is 60.4 Å². The summed E-state index contributed by atoms with van der Waals surface area (Å²) in [6.45, 7) is 1.89. The molecule has 6 nitrogen and oxygen atoms in total. The molecule has 0 bridgehead atoms. The zero-order valence-electron chi connectivity index (χ0n) is 15.7. The molecule has 0 saturated heterocycles. The maximum Gasteiger partial charge on any atom is 0.241 e. The van der Waals surface area contributed by atoms with Gasteiger partial charge in [0.05, 0.1) is 15.3 Å². The molecule has 0 amide bonds. The van der Waals surface area contributed by atoms with E-state index in [-0.39, 0.29) is 15.8 Å². The lowest BCUT2D eigenvalue weighted by atomic mass is 9.79. The molecule has 2 N–H and O–H groups in total. The zero-order valence-corrected chi connectivity index (χ0v) is 17.3. The van der Waals surface area contributed by atoms with Gasteiger partial charge in [-0.2, -0.15) is 0 Å². The third kappa shape index (κ3) is 3.87. The number of hydrogen-bond donors (Lipinski definition) is 2. The first-order valence-electron chi connectivity index (χ1n) is 9.44. The predicted molar refractivity (Wildman–Crippen MR) is 107 cm³/mol. The quantitative estimate of drug-likeness (QED) is 0.751. The molecule has 0 radical (unpaired) electrons. The van der Waals surface area contributed by atoms with Crippen molar-refractivity contribution in [3.8, 4) is 0 Å². The monoisotopic (exact) mass is 420 g/mol. The Morgan fingerprint density at radius 1 is 0.929 bits per heavy atom. The maximum atomic E-state index is 13.1. The zero-order chi connectivity index (χ0) is 20.0. The molecule has 0 spiro atoms. The number of hydrogen-bond acceptors (Lipinski definition) is 4. The highest BCUT2D eigenvalue weighted by molar-refractivity contribution is 7.90. The van der Waals surface area contributed by atoms with Crippen LogP contribution in [0.25, 0.3) is 0 Å². The van der Waals surface area contributed by atoms with E-state index < -0.39 is 25.6 Å². The minimum absolute atomic E-state index is 0.0310. The Labute approximate surface area is 166 Å². The van der Waals surface area contributed by atoms with E-state index in [1.54, 1.807) is 0 Å².